The van der Waals surface area contributed by atoms with Gasteiger partial charge in [-0.3, -0.25) is 4.79 Å². The standard InChI is InChI=1S/C60H117NO8/c1-3-5-7-9-11-13-15-17-19-21-23-25-26-27-28-29-30-31-33-35-37-39-41-43-45-47-49-54(63)53(52-68-60-59(67)58(66)57(65)55(51-62)69-60)61-56(64)50-48-46-44-42-40-38-36-34-32-24-22-20-18-16-14-12-10-8-6-4-2/h47,49,53-55,57-60,62-63,65-67H,3-46,48,50-52H2,1-2H3,(H,61,64)/b49-47+. The molecule has 9 nitrogen and oxygen atoms in total. The Hall–Kier alpha value is -1.07. The van der Waals surface area contributed by atoms with Crippen LogP contribution in [0.1, 0.15) is 309 Å². The van der Waals surface area contributed by atoms with Gasteiger partial charge in [-0.2, -0.15) is 0 Å². The zero-order valence-electron chi connectivity index (χ0n) is 45.6. The summed E-state index contributed by atoms with van der Waals surface area (Å²) in [6.07, 6.45) is 55.7. The van der Waals surface area contributed by atoms with Gasteiger partial charge >= 0.3 is 0 Å². The van der Waals surface area contributed by atoms with Gasteiger partial charge in [0.2, 0.25) is 5.91 Å². The first kappa shape index (κ1) is 65.9. The summed E-state index contributed by atoms with van der Waals surface area (Å²) in [4.78, 5) is 13.1. The summed E-state index contributed by atoms with van der Waals surface area (Å²) >= 11 is 0. The Balaban J connectivity index is 2.19. The van der Waals surface area contributed by atoms with Crippen molar-refractivity contribution < 1.29 is 39.8 Å². The van der Waals surface area contributed by atoms with Crippen LogP contribution in [-0.2, 0) is 14.3 Å². The van der Waals surface area contributed by atoms with Gasteiger partial charge in [0, 0.05) is 6.42 Å². The number of nitrogens with one attached hydrogen (secondary N) is 1. The molecule has 0 spiro atoms. The highest BCUT2D eigenvalue weighted by molar-refractivity contribution is 5.76. The molecule has 0 bridgehead atoms. The normalized spacial score (nSPS) is 19.4. The van der Waals surface area contributed by atoms with Crippen molar-refractivity contribution in [3.05, 3.63) is 12.2 Å². The number of allylic oxidation sites excluding steroid dienone is 1. The van der Waals surface area contributed by atoms with Gasteiger partial charge in [0.25, 0.3) is 0 Å². The Morgan fingerprint density at radius 3 is 1.13 bits per heavy atom. The molecule has 410 valence electrons. The van der Waals surface area contributed by atoms with E-state index in [2.05, 4.69) is 19.2 Å². The molecule has 1 fully saturated rings. The van der Waals surface area contributed by atoms with Crippen LogP contribution in [0.3, 0.4) is 0 Å². The number of unbranched alkanes of at least 4 members (excludes halogenated alkanes) is 43. The third-order valence-electron chi connectivity index (χ3n) is 14.9. The second kappa shape index (κ2) is 50.5. The van der Waals surface area contributed by atoms with Crippen molar-refractivity contribution in [1.82, 2.24) is 5.32 Å². The molecule has 1 amide bonds. The molecule has 7 unspecified atom stereocenters. The zero-order valence-corrected chi connectivity index (χ0v) is 45.6. The lowest BCUT2D eigenvalue weighted by Gasteiger charge is -2.40. The number of carbonyl (C=O) groups is 1. The van der Waals surface area contributed by atoms with E-state index in [1.807, 2.05) is 6.08 Å². The number of hydrogen-bond acceptors (Lipinski definition) is 8. The van der Waals surface area contributed by atoms with Crippen molar-refractivity contribution in [1.29, 1.82) is 0 Å². The van der Waals surface area contributed by atoms with E-state index in [1.54, 1.807) is 6.08 Å². The van der Waals surface area contributed by atoms with Gasteiger partial charge in [0.15, 0.2) is 6.29 Å². The lowest BCUT2D eigenvalue weighted by atomic mass is 9.99. The van der Waals surface area contributed by atoms with Crippen LogP contribution in [0.25, 0.3) is 0 Å². The highest BCUT2D eigenvalue weighted by atomic mass is 16.7. The molecule has 1 heterocycles. The summed E-state index contributed by atoms with van der Waals surface area (Å²) in [6, 6.07) is -0.801. The first-order chi connectivity index (χ1) is 33.8. The van der Waals surface area contributed by atoms with E-state index in [0.717, 1.165) is 38.5 Å². The average molecular weight is 981 g/mol. The van der Waals surface area contributed by atoms with Gasteiger partial charge in [-0.25, -0.2) is 0 Å². The molecule has 7 atom stereocenters. The third-order valence-corrected chi connectivity index (χ3v) is 14.9. The molecule has 1 aliphatic heterocycles. The first-order valence-corrected chi connectivity index (χ1v) is 30.4. The third kappa shape index (κ3) is 40.1. The Morgan fingerprint density at radius 1 is 0.478 bits per heavy atom. The predicted molar refractivity (Wildman–Crippen MR) is 291 cm³/mol. The number of aliphatic hydroxyl groups excluding tert-OH is 5. The fraction of sp³-hybridized carbons (Fsp3) is 0.950. The Labute approximate surface area is 426 Å². The largest absolute Gasteiger partial charge is 0.394 e. The maximum atomic E-state index is 13.1. The minimum atomic E-state index is -1.56. The van der Waals surface area contributed by atoms with Crippen molar-refractivity contribution in [3.8, 4) is 0 Å². The molecular formula is C60H117NO8. The van der Waals surface area contributed by atoms with Crippen LogP contribution in [0.2, 0.25) is 0 Å². The minimum absolute atomic E-state index is 0.169. The zero-order chi connectivity index (χ0) is 50.1. The smallest absolute Gasteiger partial charge is 0.220 e. The number of aliphatic hydroxyl groups is 5. The van der Waals surface area contributed by atoms with Gasteiger partial charge in [-0.1, -0.05) is 296 Å². The van der Waals surface area contributed by atoms with Crippen LogP contribution in [0.15, 0.2) is 12.2 Å². The van der Waals surface area contributed by atoms with E-state index < -0.39 is 49.5 Å². The van der Waals surface area contributed by atoms with E-state index in [-0.39, 0.29) is 12.5 Å². The van der Waals surface area contributed by atoms with E-state index in [1.165, 1.54) is 250 Å². The van der Waals surface area contributed by atoms with Crippen LogP contribution < -0.4 is 5.32 Å². The Kier molecular flexibility index (Phi) is 48.2. The molecule has 1 saturated heterocycles. The van der Waals surface area contributed by atoms with Gasteiger partial charge in [0.1, 0.15) is 24.4 Å². The molecule has 0 aromatic heterocycles. The molecule has 1 rings (SSSR count). The van der Waals surface area contributed by atoms with Gasteiger partial charge in [-0.05, 0) is 19.3 Å². The van der Waals surface area contributed by atoms with Gasteiger partial charge in [-0.15, -0.1) is 0 Å². The van der Waals surface area contributed by atoms with Crippen molar-refractivity contribution in [3.63, 3.8) is 0 Å². The number of hydrogen-bond donors (Lipinski definition) is 6. The summed E-state index contributed by atoms with van der Waals surface area (Å²) in [5.74, 6) is -0.169. The van der Waals surface area contributed by atoms with Gasteiger partial charge in [0.05, 0.1) is 25.4 Å². The lowest BCUT2D eigenvalue weighted by Crippen LogP contribution is -2.60. The highest BCUT2D eigenvalue weighted by Gasteiger charge is 2.44. The van der Waals surface area contributed by atoms with Crippen LogP contribution in [0, 0.1) is 0 Å². The van der Waals surface area contributed by atoms with Crippen molar-refractivity contribution >= 4 is 5.91 Å². The summed E-state index contributed by atoms with van der Waals surface area (Å²) in [5, 5.41) is 54.6. The summed E-state index contributed by atoms with van der Waals surface area (Å²) in [7, 11) is 0. The summed E-state index contributed by atoms with van der Waals surface area (Å²) < 4.78 is 11.3. The quantitative estimate of drug-likeness (QED) is 0.0261. The molecule has 1 aliphatic rings. The topological polar surface area (TPSA) is 149 Å². The number of amides is 1. The summed E-state index contributed by atoms with van der Waals surface area (Å²) in [6.45, 7) is 3.83. The minimum Gasteiger partial charge on any atom is -0.394 e. The van der Waals surface area contributed by atoms with Crippen molar-refractivity contribution in [2.75, 3.05) is 13.2 Å². The fourth-order valence-corrected chi connectivity index (χ4v) is 10.0. The average Bonchev–Trinajstić information content (AvgIpc) is 3.35. The van der Waals surface area contributed by atoms with Gasteiger partial charge < -0.3 is 40.3 Å². The van der Waals surface area contributed by atoms with E-state index in [9.17, 15) is 30.3 Å². The number of rotatable bonds is 53. The molecule has 9 heteroatoms. The van der Waals surface area contributed by atoms with E-state index in [4.69, 9.17) is 9.47 Å². The van der Waals surface area contributed by atoms with Crippen LogP contribution in [-0.4, -0.2) is 87.5 Å². The van der Waals surface area contributed by atoms with Crippen LogP contribution in [0.5, 0.6) is 0 Å². The molecule has 69 heavy (non-hydrogen) atoms. The SMILES string of the molecule is CCCCCCCCCCCCCCCCCCCCCCCCCC/C=C/C(O)C(COC1OC(CO)C(O)C(O)C1O)NC(=O)CCCCCCCCCCCCCCCCCCCCCC. The number of carbonyl (C=O) groups excluding carboxylic acids is 1. The summed E-state index contributed by atoms with van der Waals surface area (Å²) in [5.41, 5.74) is 0. The highest BCUT2D eigenvalue weighted by Crippen LogP contribution is 2.23. The molecule has 0 aromatic carbocycles. The maximum Gasteiger partial charge on any atom is 0.220 e. The van der Waals surface area contributed by atoms with E-state index >= 15 is 0 Å². The monoisotopic (exact) mass is 980 g/mol. The molecule has 0 radical (unpaired) electrons. The molecule has 0 saturated carbocycles. The number of ether oxygens (including phenoxy) is 2. The molecule has 0 aliphatic carbocycles. The van der Waals surface area contributed by atoms with Crippen molar-refractivity contribution in [2.45, 2.75) is 352 Å². The second-order valence-corrected chi connectivity index (χ2v) is 21.5. The second-order valence-electron chi connectivity index (χ2n) is 21.5. The predicted octanol–water partition coefficient (Wildman–Crippen LogP) is 15.2. The van der Waals surface area contributed by atoms with Crippen LogP contribution in [0.4, 0.5) is 0 Å². The first-order valence-electron chi connectivity index (χ1n) is 30.4. The Bertz CT molecular complexity index is 1090. The molecule has 0 aromatic rings. The molecule has 6 N–H and O–H groups in total. The lowest BCUT2D eigenvalue weighted by molar-refractivity contribution is -0.302. The Morgan fingerprint density at radius 2 is 0.797 bits per heavy atom. The maximum absolute atomic E-state index is 13.1. The molecular weight excluding hydrogens is 863 g/mol. The van der Waals surface area contributed by atoms with Crippen LogP contribution >= 0.6 is 0 Å². The van der Waals surface area contributed by atoms with Crippen molar-refractivity contribution in [2.24, 2.45) is 0 Å². The van der Waals surface area contributed by atoms with E-state index in [0.29, 0.717) is 6.42 Å². The fourth-order valence-electron chi connectivity index (χ4n) is 10.0.